The van der Waals surface area contributed by atoms with Crippen molar-refractivity contribution in [2.45, 2.75) is 64.5 Å². The highest BCUT2D eigenvalue weighted by molar-refractivity contribution is 5.84. The number of nitrogens with one attached hydrogen (secondary N) is 1. The number of rotatable bonds is 3. The Balaban J connectivity index is 2.40. The number of hydrogen-bond donors (Lipinski definition) is 2. The molecule has 0 saturated heterocycles. The molecule has 1 fully saturated rings. The summed E-state index contributed by atoms with van der Waals surface area (Å²) in [6.07, 6.45) is 6.27. The van der Waals surface area contributed by atoms with Crippen molar-refractivity contribution in [3.63, 3.8) is 0 Å². The second-order valence-corrected chi connectivity index (χ2v) is 5.22. The van der Waals surface area contributed by atoms with E-state index in [1.54, 1.807) is 0 Å². The summed E-state index contributed by atoms with van der Waals surface area (Å²) in [6, 6.07) is 0.184. The van der Waals surface area contributed by atoms with E-state index in [0.717, 1.165) is 0 Å². The van der Waals surface area contributed by atoms with Crippen molar-refractivity contribution in [3.05, 3.63) is 0 Å². The Labute approximate surface area is 92.3 Å². The first-order valence-corrected chi connectivity index (χ1v) is 5.94. The molecule has 0 aliphatic heterocycles. The van der Waals surface area contributed by atoms with Crippen LogP contribution in [0.1, 0.15) is 52.9 Å². The van der Waals surface area contributed by atoms with E-state index in [2.05, 4.69) is 5.32 Å². The van der Waals surface area contributed by atoms with Crippen LogP contribution in [-0.2, 0) is 4.79 Å². The molecule has 88 valence electrons. The molecule has 2 N–H and O–H groups in total. The summed E-state index contributed by atoms with van der Waals surface area (Å²) in [5.41, 5.74) is -1.26. The molecule has 0 aromatic carbocycles. The molecule has 0 spiro atoms. The average Bonchev–Trinajstić information content (AvgIpc) is 2.17. The number of aliphatic hydroxyl groups is 1. The van der Waals surface area contributed by atoms with E-state index in [9.17, 15) is 9.90 Å². The summed E-state index contributed by atoms with van der Waals surface area (Å²) in [5, 5.41) is 12.4. The Morgan fingerprint density at radius 1 is 1.33 bits per heavy atom. The summed E-state index contributed by atoms with van der Waals surface area (Å²) >= 11 is 0. The van der Waals surface area contributed by atoms with Gasteiger partial charge in [-0.2, -0.15) is 0 Å². The number of carbonyl (C=O) groups is 1. The average molecular weight is 213 g/mol. The number of carbonyl (C=O) groups excluding carboxylic acids is 1. The molecule has 1 rings (SSSR count). The van der Waals surface area contributed by atoms with Gasteiger partial charge in [0, 0.05) is 6.04 Å². The summed E-state index contributed by atoms with van der Waals surface area (Å²) < 4.78 is 0. The van der Waals surface area contributed by atoms with Crippen molar-refractivity contribution in [2.24, 2.45) is 5.92 Å². The third kappa shape index (κ3) is 3.82. The molecule has 1 saturated carbocycles. The van der Waals surface area contributed by atoms with E-state index < -0.39 is 5.60 Å². The highest BCUT2D eigenvalue weighted by Gasteiger charge is 2.28. The lowest BCUT2D eigenvalue weighted by Crippen LogP contribution is -2.48. The third-order valence-corrected chi connectivity index (χ3v) is 3.27. The van der Waals surface area contributed by atoms with E-state index >= 15 is 0 Å². The highest BCUT2D eigenvalue weighted by Crippen LogP contribution is 2.26. The van der Waals surface area contributed by atoms with Gasteiger partial charge < -0.3 is 10.4 Å². The third-order valence-electron chi connectivity index (χ3n) is 3.27. The van der Waals surface area contributed by atoms with Crippen LogP contribution < -0.4 is 5.32 Å². The van der Waals surface area contributed by atoms with Gasteiger partial charge in [0.1, 0.15) is 5.60 Å². The van der Waals surface area contributed by atoms with E-state index in [0.29, 0.717) is 5.92 Å². The molecular formula is C12H23NO2. The van der Waals surface area contributed by atoms with E-state index in [4.69, 9.17) is 0 Å². The molecule has 1 aliphatic rings. The minimum absolute atomic E-state index is 0.184. The van der Waals surface area contributed by atoms with E-state index in [-0.39, 0.29) is 11.9 Å². The van der Waals surface area contributed by atoms with Crippen LogP contribution in [0.3, 0.4) is 0 Å². The number of hydrogen-bond acceptors (Lipinski definition) is 2. The van der Waals surface area contributed by atoms with Crippen LogP contribution in [0.15, 0.2) is 0 Å². The molecule has 3 nitrogen and oxygen atoms in total. The van der Waals surface area contributed by atoms with E-state index in [1.165, 1.54) is 46.0 Å². The predicted molar refractivity (Wildman–Crippen MR) is 60.5 cm³/mol. The fourth-order valence-corrected chi connectivity index (χ4v) is 2.14. The predicted octanol–water partition coefficient (Wildman–Crippen LogP) is 1.84. The zero-order valence-corrected chi connectivity index (χ0v) is 10.0. The molecule has 0 bridgehead atoms. The minimum atomic E-state index is -1.26. The van der Waals surface area contributed by atoms with Crippen LogP contribution in [-0.4, -0.2) is 22.7 Å². The quantitative estimate of drug-likeness (QED) is 0.751. The van der Waals surface area contributed by atoms with Crippen molar-refractivity contribution >= 4 is 5.91 Å². The first-order chi connectivity index (χ1) is 6.91. The molecule has 1 aliphatic carbocycles. The second kappa shape index (κ2) is 4.97. The van der Waals surface area contributed by atoms with Crippen molar-refractivity contribution < 1.29 is 9.90 Å². The Hall–Kier alpha value is -0.570. The monoisotopic (exact) mass is 213 g/mol. The summed E-state index contributed by atoms with van der Waals surface area (Å²) in [4.78, 5) is 11.6. The van der Waals surface area contributed by atoms with Gasteiger partial charge >= 0.3 is 0 Å². The summed E-state index contributed by atoms with van der Waals surface area (Å²) in [6.45, 7) is 5.09. The largest absolute Gasteiger partial charge is 0.381 e. The smallest absolute Gasteiger partial charge is 0.251 e. The van der Waals surface area contributed by atoms with Crippen LogP contribution in [0.5, 0.6) is 0 Å². The molecule has 1 atom stereocenters. The molecule has 0 heterocycles. The fourth-order valence-electron chi connectivity index (χ4n) is 2.14. The van der Waals surface area contributed by atoms with Gasteiger partial charge in [-0.3, -0.25) is 4.79 Å². The summed E-state index contributed by atoms with van der Waals surface area (Å²) in [5.74, 6) is 0.325. The Kier molecular flexibility index (Phi) is 4.14. The maximum atomic E-state index is 11.6. The van der Waals surface area contributed by atoms with E-state index in [1.807, 2.05) is 6.92 Å². The molecule has 0 aromatic rings. The van der Waals surface area contributed by atoms with Gasteiger partial charge in [0.05, 0.1) is 0 Å². The topological polar surface area (TPSA) is 49.3 Å². The van der Waals surface area contributed by atoms with Crippen LogP contribution in [0, 0.1) is 5.92 Å². The lowest BCUT2D eigenvalue weighted by atomic mass is 9.84. The normalized spacial score (nSPS) is 21.1. The van der Waals surface area contributed by atoms with Gasteiger partial charge in [-0.05, 0) is 39.5 Å². The zero-order valence-electron chi connectivity index (χ0n) is 10.0. The van der Waals surface area contributed by atoms with Crippen LogP contribution in [0.2, 0.25) is 0 Å². The Morgan fingerprint density at radius 2 is 1.87 bits per heavy atom. The van der Waals surface area contributed by atoms with Gasteiger partial charge in [-0.1, -0.05) is 19.3 Å². The SMILES string of the molecule is CC(NC(=O)C(C)(C)O)C1CCCCC1. The lowest BCUT2D eigenvalue weighted by Gasteiger charge is -2.30. The molecule has 3 heteroatoms. The van der Waals surface area contributed by atoms with Crippen molar-refractivity contribution in [1.29, 1.82) is 0 Å². The second-order valence-electron chi connectivity index (χ2n) is 5.22. The van der Waals surface area contributed by atoms with Gasteiger partial charge in [-0.25, -0.2) is 0 Å². The highest BCUT2D eigenvalue weighted by atomic mass is 16.3. The molecule has 0 radical (unpaired) electrons. The molecular weight excluding hydrogens is 190 g/mol. The van der Waals surface area contributed by atoms with Crippen LogP contribution in [0.4, 0.5) is 0 Å². The first kappa shape index (κ1) is 12.5. The van der Waals surface area contributed by atoms with Gasteiger partial charge in [-0.15, -0.1) is 0 Å². The first-order valence-electron chi connectivity index (χ1n) is 5.94. The maximum Gasteiger partial charge on any atom is 0.251 e. The van der Waals surface area contributed by atoms with Gasteiger partial charge in [0.15, 0.2) is 0 Å². The Bertz CT molecular complexity index is 214. The maximum absolute atomic E-state index is 11.6. The fraction of sp³-hybridized carbons (Fsp3) is 0.917. The zero-order chi connectivity index (χ0) is 11.5. The molecule has 15 heavy (non-hydrogen) atoms. The van der Waals surface area contributed by atoms with Gasteiger partial charge in [0.2, 0.25) is 0 Å². The number of amides is 1. The summed E-state index contributed by atoms with van der Waals surface area (Å²) in [7, 11) is 0. The van der Waals surface area contributed by atoms with Crippen LogP contribution >= 0.6 is 0 Å². The lowest BCUT2D eigenvalue weighted by molar-refractivity contribution is -0.137. The molecule has 1 amide bonds. The standard InChI is InChI=1S/C12H23NO2/c1-9(10-7-5-4-6-8-10)13-11(14)12(2,3)15/h9-10,15H,4-8H2,1-3H3,(H,13,14). The molecule has 0 aromatic heterocycles. The molecule has 1 unspecified atom stereocenters. The van der Waals surface area contributed by atoms with Crippen LogP contribution in [0.25, 0.3) is 0 Å². The minimum Gasteiger partial charge on any atom is -0.381 e. The Morgan fingerprint density at radius 3 is 2.33 bits per heavy atom. The van der Waals surface area contributed by atoms with Crippen molar-refractivity contribution in [2.75, 3.05) is 0 Å². The van der Waals surface area contributed by atoms with Gasteiger partial charge in [0.25, 0.3) is 5.91 Å². The van der Waals surface area contributed by atoms with Crippen molar-refractivity contribution in [1.82, 2.24) is 5.32 Å². The van der Waals surface area contributed by atoms with Crippen molar-refractivity contribution in [3.8, 4) is 0 Å².